The summed E-state index contributed by atoms with van der Waals surface area (Å²) in [5.74, 6) is 0. The molecule has 3 nitrogen and oxygen atoms in total. The molecule has 0 aliphatic heterocycles. The number of nitrogens with zero attached hydrogens (tertiary/aromatic N) is 1. The van der Waals surface area contributed by atoms with Gasteiger partial charge in [0.05, 0.1) is 5.69 Å². The van der Waals surface area contributed by atoms with E-state index < -0.39 is 0 Å². The molecule has 0 aliphatic rings. The van der Waals surface area contributed by atoms with E-state index in [0.717, 1.165) is 5.69 Å². The van der Waals surface area contributed by atoms with Crippen LogP contribution in [0.1, 0.15) is 25.6 Å². The summed E-state index contributed by atoms with van der Waals surface area (Å²) in [5, 5.41) is 7.32. The molecule has 56 valence electrons. The summed E-state index contributed by atoms with van der Waals surface area (Å²) in [6, 6.07) is 0.311. The average Bonchev–Trinajstić information content (AvgIpc) is 2.11. The second kappa shape index (κ2) is 2.33. The number of oxazole rings is 1. The van der Waals surface area contributed by atoms with E-state index in [1.807, 2.05) is 25.3 Å². The summed E-state index contributed by atoms with van der Waals surface area (Å²) in [5.41, 5.74) is 1.23. The van der Waals surface area contributed by atoms with Crippen molar-refractivity contribution in [1.82, 2.24) is 4.57 Å². The van der Waals surface area contributed by atoms with Gasteiger partial charge < -0.3 is 4.42 Å². The van der Waals surface area contributed by atoms with Crippen LogP contribution in [-0.4, -0.2) is 4.57 Å². The highest BCUT2D eigenvalue weighted by Crippen LogP contribution is 2.03. The van der Waals surface area contributed by atoms with Crippen molar-refractivity contribution < 1.29 is 4.42 Å². The highest BCUT2D eigenvalue weighted by molar-refractivity contribution is 4.91. The zero-order valence-electron chi connectivity index (χ0n) is 6.51. The molecule has 0 amide bonds. The molecule has 0 bridgehead atoms. The van der Waals surface area contributed by atoms with Crippen molar-refractivity contribution in [3.8, 4) is 0 Å². The first-order valence-electron chi connectivity index (χ1n) is 3.34. The van der Waals surface area contributed by atoms with Crippen LogP contribution < -0.4 is 5.68 Å². The Balaban J connectivity index is 3.23. The molecule has 0 aliphatic carbocycles. The smallest absolute Gasteiger partial charge is 0.294 e. The molecule has 0 radical (unpaired) electrons. The lowest BCUT2D eigenvalue weighted by molar-refractivity contribution is 0.428. The Kier molecular flexibility index (Phi) is 1.66. The first-order valence-corrected chi connectivity index (χ1v) is 3.34. The van der Waals surface area contributed by atoms with Gasteiger partial charge in [0, 0.05) is 6.04 Å². The van der Waals surface area contributed by atoms with E-state index in [1.54, 1.807) is 6.26 Å². The Morgan fingerprint density at radius 3 is 2.40 bits per heavy atom. The topological polar surface area (TPSA) is 41.9 Å². The van der Waals surface area contributed by atoms with E-state index in [9.17, 15) is 0 Å². The third-order valence-electron chi connectivity index (χ3n) is 1.46. The Hall–Kier alpha value is -0.990. The first kappa shape index (κ1) is 7.12. The van der Waals surface area contributed by atoms with E-state index in [-0.39, 0.29) is 5.68 Å². The van der Waals surface area contributed by atoms with Gasteiger partial charge in [0.1, 0.15) is 6.26 Å². The van der Waals surface area contributed by atoms with E-state index in [2.05, 4.69) is 0 Å². The molecule has 1 rings (SSSR count). The summed E-state index contributed by atoms with van der Waals surface area (Å²) >= 11 is 0. The lowest BCUT2D eigenvalue weighted by Gasteiger charge is -2.05. The van der Waals surface area contributed by atoms with Gasteiger partial charge in [-0.2, -0.15) is 0 Å². The lowest BCUT2D eigenvalue weighted by atomic mass is 10.4. The number of nitrogens with one attached hydrogen (secondary N) is 1. The van der Waals surface area contributed by atoms with E-state index in [0.29, 0.717) is 6.04 Å². The van der Waals surface area contributed by atoms with Gasteiger partial charge in [-0.3, -0.25) is 9.98 Å². The maximum Gasteiger partial charge on any atom is 0.294 e. The first-order chi connectivity index (χ1) is 4.63. The third-order valence-corrected chi connectivity index (χ3v) is 1.46. The number of aryl methyl sites for hydroxylation is 1. The molecule has 0 atom stereocenters. The van der Waals surface area contributed by atoms with Crippen LogP contribution in [-0.2, 0) is 0 Å². The summed E-state index contributed by atoms with van der Waals surface area (Å²) in [4.78, 5) is 0. The number of aromatic nitrogens is 1. The molecule has 0 saturated carbocycles. The molecule has 0 unspecified atom stereocenters. The molecule has 1 N–H and O–H groups in total. The van der Waals surface area contributed by atoms with Crippen molar-refractivity contribution in [3.05, 3.63) is 17.6 Å². The van der Waals surface area contributed by atoms with Crippen LogP contribution >= 0.6 is 0 Å². The minimum Gasteiger partial charge on any atom is -0.432 e. The number of rotatable bonds is 1. The molecular weight excluding hydrogens is 128 g/mol. The summed E-state index contributed by atoms with van der Waals surface area (Å²) in [6.45, 7) is 5.99. The molecule has 0 fully saturated rings. The predicted octanol–water partition coefficient (Wildman–Crippen LogP) is 1.45. The molecule has 1 heterocycles. The van der Waals surface area contributed by atoms with Gasteiger partial charge in [-0.05, 0) is 20.8 Å². The van der Waals surface area contributed by atoms with E-state index >= 15 is 0 Å². The Bertz CT molecular complexity index is 269. The normalized spacial score (nSPS) is 10.8. The fourth-order valence-electron chi connectivity index (χ4n) is 1.06. The largest absolute Gasteiger partial charge is 0.432 e. The van der Waals surface area contributed by atoms with Crippen molar-refractivity contribution in [2.24, 2.45) is 0 Å². The molecule has 1 aromatic rings. The number of hydrogen-bond acceptors (Lipinski definition) is 2. The molecule has 1 aromatic heterocycles. The highest BCUT2D eigenvalue weighted by Gasteiger charge is 2.03. The van der Waals surface area contributed by atoms with Crippen LogP contribution in [0.3, 0.4) is 0 Å². The van der Waals surface area contributed by atoms with Crippen molar-refractivity contribution in [1.29, 1.82) is 5.41 Å². The maximum absolute atomic E-state index is 7.32. The summed E-state index contributed by atoms with van der Waals surface area (Å²) in [7, 11) is 0. The van der Waals surface area contributed by atoms with Gasteiger partial charge in [0.2, 0.25) is 0 Å². The Morgan fingerprint density at radius 1 is 1.60 bits per heavy atom. The lowest BCUT2D eigenvalue weighted by Crippen LogP contribution is -2.17. The second-order valence-electron chi connectivity index (χ2n) is 2.65. The molecule has 3 heteroatoms. The van der Waals surface area contributed by atoms with Crippen LogP contribution in [0.4, 0.5) is 0 Å². The van der Waals surface area contributed by atoms with Gasteiger partial charge in [-0.25, -0.2) is 0 Å². The molecule has 0 saturated heterocycles. The monoisotopic (exact) mass is 140 g/mol. The second-order valence-corrected chi connectivity index (χ2v) is 2.65. The minimum atomic E-state index is 0.229. The van der Waals surface area contributed by atoms with E-state index in [4.69, 9.17) is 9.83 Å². The molecule has 10 heavy (non-hydrogen) atoms. The predicted molar refractivity (Wildman–Crippen MR) is 37.7 cm³/mol. The van der Waals surface area contributed by atoms with Crippen LogP contribution in [0.25, 0.3) is 0 Å². The van der Waals surface area contributed by atoms with Gasteiger partial charge in [-0.1, -0.05) is 0 Å². The molecule has 0 aromatic carbocycles. The highest BCUT2D eigenvalue weighted by atomic mass is 16.3. The molecular formula is C7H12N2O. The standard InChI is InChI=1S/C7H12N2O/c1-5(2)9-6(3)4-10-7(9)8/h4-5,8H,1-3H3. The van der Waals surface area contributed by atoms with Crippen molar-refractivity contribution in [2.45, 2.75) is 26.8 Å². The number of hydrogen-bond donors (Lipinski definition) is 1. The zero-order valence-corrected chi connectivity index (χ0v) is 6.51. The maximum atomic E-state index is 7.32. The van der Waals surface area contributed by atoms with Crippen LogP contribution in [0.2, 0.25) is 0 Å². The van der Waals surface area contributed by atoms with Crippen molar-refractivity contribution in [2.75, 3.05) is 0 Å². The Labute approximate surface area is 59.8 Å². The fraction of sp³-hybridized carbons (Fsp3) is 0.571. The van der Waals surface area contributed by atoms with Gasteiger partial charge >= 0.3 is 0 Å². The quantitative estimate of drug-likeness (QED) is 0.630. The van der Waals surface area contributed by atoms with Gasteiger partial charge in [-0.15, -0.1) is 0 Å². The minimum absolute atomic E-state index is 0.229. The zero-order chi connectivity index (χ0) is 7.72. The van der Waals surface area contributed by atoms with E-state index in [1.165, 1.54) is 0 Å². The van der Waals surface area contributed by atoms with Crippen LogP contribution in [0, 0.1) is 12.3 Å². The summed E-state index contributed by atoms with van der Waals surface area (Å²) in [6.07, 6.45) is 1.60. The van der Waals surface area contributed by atoms with Crippen molar-refractivity contribution in [3.63, 3.8) is 0 Å². The fourth-order valence-corrected chi connectivity index (χ4v) is 1.06. The van der Waals surface area contributed by atoms with Crippen LogP contribution in [0.15, 0.2) is 10.7 Å². The van der Waals surface area contributed by atoms with Crippen LogP contribution in [0.5, 0.6) is 0 Å². The molecule has 0 spiro atoms. The van der Waals surface area contributed by atoms with Gasteiger partial charge in [0.15, 0.2) is 0 Å². The van der Waals surface area contributed by atoms with Crippen molar-refractivity contribution >= 4 is 0 Å². The van der Waals surface area contributed by atoms with Gasteiger partial charge in [0.25, 0.3) is 5.68 Å². The third kappa shape index (κ3) is 0.988. The average molecular weight is 140 g/mol. The Morgan fingerprint density at radius 2 is 2.20 bits per heavy atom. The SMILES string of the molecule is Cc1coc(=N)n1C(C)C. The summed E-state index contributed by atoms with van der Waals surface area (Å²) < 4.78 is 6.72.